The van der Waals surface area contributed by atoms with Crippen molar-refractivity contribution in [3.63, 3.8) is 0 Å². The van der Waals surface area contributed by atoms with Crippen LogP contribution in [0.15, 0.2) is 23.0 Å². The number of rotatable bonds is 1. The number of benzene rings is 1. The molecule has 2 rings (SSSR count). The molecule has 0 unspecified atom stereocenters. The van der Waals surface area contributed by atoms with Gasteiger partial charge in [-0.1, -0.05) is 11.6 Å². The lowest BCUT2D eigenvalue weighted by atomic mass is 10.1. The molecule has 16 heavy (non-hydrogen) atoms. The number of carbonyl (C=O) groups is 1. The van der Waals surface area contributed by atoms with Crippen molar-refractivity contribution in [2.75, 3.05) is 0 Å². The van der Waals surface area contributed by atoms with Gasteiger partial charge in [-0.15, -0.1) is 0 Å². The molecule has 0 bridgehead atoms. The van der Waals surface area contributed by atoms with Crippen LogP contribution < -0.4 is 5.43 Å². The zero-order valence-corrected chi connectivity index (χ0v) is 9.13. The minimum absolute atomic E-state index is 0.126. The van der Waals surface area contributed by atoms with Crippen molar-refractivity contribution in [3.05, 3.63) is 44.7 Å². The predicted molar refractivity (Wildman–Crippen MR) is 61.3 cm³/mol. The van der Waals surface area contributed by atoms with E-state index in [0.717, 1.165) is 11.6 Å². The van der Waals surface area contributed by atoms with Crippen molar-refractivity contribution in [2.24, 2.45) is 0 Å². The van der Waals surface area contributed by atoms with E-state index in [1.165, 1.54) is 6.07 Å². The van der Waals surface area contributed by atoms with E-state index in [2.05, 4.69) is 4.98 Å². The number of fused-ring (bicyclic) bond motifs is 1. The Hall–Kier alpha value is -1.81. The number of H-pyrrole nitrogens is 1. The Balaban J connectivity index is 2.88. The lowest BCUT2D eigenvalue weighted by Gasteiger charge is -2.03. The maximum absolute atomic E-state index is 11.6. The summed E-state index contributed by atoms with van der Waals surface area (Å²) >= 11 is 5.89. The lowest BCUT2D eigenvalue weighted by Crippen LogP contribution is -2.09. The number of carboxylic acids is 1. The molecule has 0 aliphatic rings. The molecule has 0 fully saturated rings. The Morgan fingerprint density at radius 2 is 2.06 bits per heavy atom. The highest BCUT2D eigenvalue weighted by molar-refractivity contribution is 6.32. The molecule has 0 spiro atoms. The maximum atomic E-state index is 11.6. The Morgan fingerprint density at radius 3 is 2.69 bits per heavy atom. The van der Waals surface area contributed by atoms with Crippen LogP contribution in [0.1, 0.15) is 16.1 Å². The molecule has 0 radical (unpaired) electrons. The molecule has 0 atom stereocenters. The van der Waals surface area contributed by atoms with Crippen LogP contribution in [0.2, 0.25) is 5.02 Å². The number of pyridine rings is 1. The summed E-state index contributed by atoms with van der Waals surface area (Å²) in [6, 6.07) is 4.25. The van der Waals surface area contributed by atoms with Gasteiger partial charge in [0, 0.05) is 16.5 Å². The summed E-state index contributed by atoms with van der Waals surface area (Å²) in [5, 5.41) is 9.67. The Bertz CT molecular complexity index is 645. The van der Waals surface area contributed by atoms with Crippen LogP contribution in [0.3, 0.4) is 0 Å². The van der Waals surface area contributed by atoms with Gasteiger partial charge in [0.15, 0.2) is 5.43 Å². The van der Waals surface area contributed by atoms with Crippen molar-refractivity contribution < 1.29 is 9.90 Å². The summed E-state index contributed by atoms with van der Waals surface area (Å²) in [5.74, 6) is -1.16. The van der Waals surface area contributed by atoms with Crippen molar-refractivity contribution in [3.8, 4) is 0 Å². The highest BCUT2D eigenvalue weighted by Gasteiger charge is 2.09. The largest absolute Gasteiger partial charge is 0.477 e. The van der Waals surface area contributed by atoms with Crippen LogP contribution in [-0.2, 0) is 0 Å². The van der Waals surface area contributed by atoms with Gasteiger partial charge in [0.05, 0.1) is 5.52 Å². The van der Waals surface area contributed by atoms with Crippen molar-refractivity contribution in [1.82, 2.24) is 4.98 Å². The molecule has 1 aromatic carbocycles. The second-order valence-corrected chi connectivity index (χ2v) is 3.91. The Labute approximate surface area is 95.5 Å². The first-order valence-corrected chi connectivity index (χ1v) is 4.93. The predicted octanol–water partition coefficient (Wildman–Crippen LogP) is 2.19. The molecule has 5 heteroatoms. The van der Waals surface area contributed by atoms with Crippen LogP contribution in [0, 0.1) is 6.92 Å². The first kappa shape index (κ1) is 10.7. The van der Waals surface area contributed by atoms with E-state index >= 15 is 0 Å². The summed E-state index contributed by atoms with van der Waals surface area (Å²) in [4.78, 5) is 25.1. The van der Waals surface area contributed by atoms with E-state index in [1.54, 1.807) is 13.0 Å². The molecule has 0 amide bonds. The third kappa shape index (κ3) is 1.67. The molecular weight excluding hydrogens is 230 g/mol. The van der Waals surface area contributed by atoms with Crippen LogP contribution in [0.5, 0.6) is 0 Å². The van der Waals surface area contributed by atoms with Crippen LogP contribution in [0.25, 0.3) is 10.9 Å². The quantitative estimate of drug-likeness (QED) is 0.799. The fourth-order valence-electron chi connectivity index (χ4n) is 1.49. The fraction of sp³-hybridized carbons (Fsp3) is 0.0909. The molecule has 2 N–H and O–H groups in total. The second-order valence-electron chi connectivity index (χ2n) is 3.50. The van der Waals surface area contributed by atoms with Crippen molar-refractivity contribution >= 4 is 28.5 Å². The molecular formula is C11H8ClNO3. The monoisotopic (exact) mass is 237 g/mol. The third-order valence-corrected chi connectivity index (χ3v) is 2.75. The third-order valence-electron chi connectivity index (χ3n) is 2.34. The first-order chi connectivity index (χ1) is 7.49. The highest BCUT2D eigenvalue weighted by Crippen LogP contribution is 2.20. The van der Waals surface area contributed by atoms with Gasteiger partial charge < -0.3 is 10.1 Å². The Morgan fingerprint density at radius 1 is 1.38 bits per heavy atom. The molecule has 4 nitrogen and oxygen atoms in total. The molecule has 0 saturated carbocycles. The van der Waals surface area contributed by atoms with Gasteiger partial charge in [-0.3, -0.25) is 4.79 Å². The average molecular weight is 238 g/mol. The zero-order chi connectivity index (χ0) is 11.9. The van der Waals surface area contributed by atoms with E-state index in [9.17, 15) is 9.59 Å². The number of carboxylic acid groups (broad SMARTS) is 1. The normalized spacial score (nSPS) is 10.6. The summed E-state index contributed by atoms with van der Waals surface area (Å²) in [6.45, 7) is 1.79. The van der Waals surface area contributed by atoms with Crippen molar-refractivity contribution in [1.29, 1.82) is 0 Å². The number of halogens is 1. The van der Waals surface area contributed by atoms with Gasteiger partial charge in [0.25, 0.3) is 0 Å². The highest BCUT2D eigenvalue weighted by atomic mass is 35.5. The van der Waals surface area contributed by atoms with Crippen molar-refractivity contribution in [2.45, 2.75) is 6.92 Å². The van der Waals surface area contributed by atoms with Gasteiger partial charge >= 0.3 is 5.97 Å². The molecule has 0 saturated heterocycles. The standard InChI is InChI=1S/C11H8ClNO3/c1-5-2-8-6(3-7(5)12)10(14)4-9(13-8)11(15)16/h2-4H,1H3,(H,13,14)(H,15,16). The van der Waals surface area contributed by atoms with Gasteiger partial charge in [0.2, 0.25) is 0 Å². The first-order valence-electron chi connectivity index (χ1n) is 4.55. The number of nitrogens with one attached hydrogen (secondary N) is 1. The van der Waals surface area contributed by atoms with Crippen LogP contribution >= 0.6 is 11.6 Å². The minimum Gasteiger partial charge on any atom is -0.477 e. The summed E-state index contributed by atoms with van der Waals surface area (Å²) in [5.41, 5.74) is 0.784. The van der Waals surface area contributed by atoms with Crippen LogP contribution in [0.4, 0.5) is 0 Å². The SMILES string of the molecule is Cc1cc2[nH]c(C(=O)O)cc(=O)c2cc1Cl. The molecule has 0 aliphatic carbocycles. The molecule has 82 valence electrons. The Kier molecular flexibility index (Phi) is 2.44. The van der Waals surface area contributed by atoms with Crippen LogP contribution in [-0.4, -0.2) is 16.1 Å². The second kappa shape index (κ2) is 3.64. The number of hydrogen-bond acceptors (Lipinski definition) is 2. The molecule has 0 aliphatic heterocycles. The number of aryl methyl sites for hydroxylation is 1. The molecule has 1 aromatic heterocycles. The van der Waals surface area contributed by atoms with Gasteiger partial charge in [-0.05, 0) is 24.6 Å². The summed E-state index contributed by atoms with van der Waals surface area (Å²) in [6.07, 6.45) is 0. The summed E-state index contributed by atoms with van der Waals surface area (Å²) < 4.78 is 0. The number of aromatic amines is 1. The molecule has 1 heterocycles. The van der Waals surface area contributed by atoms with Gasteiger partial charge in [-0.25, -0.2) is 4.79 Å². The number of hydrogen-bond donors (Lipinski definition) is 2. The minimum atomic E-state index is -1.16. The van der Waals surface area contributed by atoms with E-state index < -0.39 is 5.97 Å². The van der Waals surface area contributed by atoms with Gasteiger partial charge in [0.1, 0.15) is 5.69 Å². The smallest absolute Gasteiger partial charge is 0.352 e. The number of aromatic nitrogens is 1. The average Bonchev–Trinajstić information content (AvgIpc) is 2.20. The summed E-state index contributed by atoms with van der Waals surface area (Å²) in [7, 11) is 0. The van der Waals surface area contributed by atoms with E-state index in [-0.39, 0.29) is 11.1 Å². The van der Waals surface area contributed by atoms with E-state index in [0.29, 0.717) is 15.9 Å². The fourth-order valence-corrected chi connectivity index (χ4v) is 1.66. The topological polar surface area (TPSA) is 70.2 Å². The number of aromatic carboxylic acids is 1. The van der Waals surface area contributed by atoms with E-state index in [4.69, 9.17) is 16.7 Å². The molecule has 2 aromatic rings. The maximum Gasteiger partial charge on any atom is 0.352 e. The van der Waals surface area contributed by atoms with E-state index in [1.807, 2.05) is 0 Å². The zero-order valence-electron chi connectivity index (χ0n) is 8.37. The lowest BCUT2D eigenvalue weighted by molar-refractivity contribution is 0.0691. The van der Waals surface area contributed by atoms with Gasteiger partial charge in [-0.2, -0.15) is 0 Å².